The first kappa shape index (κ1) is 19.6. The second-order valence-electron chi connectivity index (χ2n) is 7.24. The number of amides is 1. The molecule has 3 N–H and O–H groups in total. The molecule has 1 amide bonds. The topological polar surface area (TPSA) is 87.4 Å². The minimum absolute atomic E-state index is 0.202. The van der Waals surface area contributed by atoms with Crippen LogP contribution in [0.3, 0.4) is 0 Å². The van der Waals surface area contributed by atoms with Crippen LogP contribution in [-0.2, 0) is 0 Å². The molecule has 1 fully saturated rings. The van der Waals surface area contributed by atoms with Gasteiger partial charge in [0.25, 0.3) is 5.91 Å². The van der Waals surface area contributed by atoms with Gasteiger partial charge in [-0.1, -0.05) is 12.1 Å². The van der Waals surface area contributed by atoms with Gasteiger partial charge in [-0.3, -0.25) is 9.69 Å². The number of hydrogen-bond donors (Lipinski definition) is 2. The van der Waals surface area contributed by atoms with Crippen molar-refractivity contribution in [2.75, 3.05) is 49.9 Å². The van der Waals surface area contributed by atoms with Crippen LogP contribution in [0.4, 0.5) is 11.5 Å². The lowest BCUT2D eigenvalue weighted by Gasteiger charge is -2.35. The Morgan fingerprint density at radius 1 is 1.10 bits per heavy atom. The second kappa shape index (κ2) is 9.19. The molecule has 0 bridgehead atoms. The van der Waals surface area contributed by atoms with Gasteiger partial charge in [0.2, 0.25) is 0 Å². The summed E-state index contributed by atoms with van der Waals surface area (Å²) in [6.45, 7) is 5.78. The quantitative estimate of drug-likeness (QED) is 0.582. The molecule has 0 spiro atoms. The molecule has 0 unspecified atom stereocenters. The third-order valence-corrected chi connectivity index (χ3v) is 6.09. The molecular formula is C21H26N6OS. The predicted octanol–water partition coefficient (Wildman–Crippen LogP) is 2.61. The number of nitrogens with zero attached hydrogens (tertiary/aromatic N) is 4. The number of unbranched alkanes of at least 4 members (excludes halogenated alkanes) is 1. The maximum atomic E-state index is 12.1. The van der Waals surface area contributed by atoms with Crippen LogP contribution in [0.1, 0.15) is 23.3 Å². The fourth-order valence-electron chi connectivity index (χ4n) is 3.64. The lowest BCUT2D eigenvalue weighted by Crippen LogP contribution is -2.46. The fraction of sp³-hybridized carbons (Fsp3) is 0.381. The predicted molar refractivity (Wildman–Crippen MR) is 118 cm³/mol. The fourth-order valence-corrected chi connectivity index (χ4v) is 4.43. The maximum Gasteiger partial charge on any atom is 0.272 e. The number of hydrogen-bond acceptors (Lipinski definition) is 7. The SMILES string of the molecule is Nc1cccnc1C(=O)NCCCCN1CCN(c2nsc3ccccc23)CC1. The van der Waals surface area contributed by atoms with E-state index in [0.29, 0.717) is 17.9 Å². The van der Waals surface area contributed by atoms with Crippen molar-refractivity contribution in [3.8, 4) is 0 Å². The number of rotatable bonds is 7. The molecule has 0 saturated carbocycles. The standard InChI is InChI=1S/C21H26N6OS/c22-17-7-5-10-23-19(17)21(28)24-9-3-4-11-26-12-14-27(15-13-26)20-16-6-1-2-8-18(16)29-25-20/h1-2,5-8,10H,3-4,9,11-15,22H2,(H,24,28). The zero-order valence-corrected chi connectivity index (χ0v) is 17.2. The highest BCUT2D eigenvalue weighted by Crippen LogP contribution is 2.29. The van der Waals surface area contributed by atoms with Gasteiger partial charge < -0.3 is 16.0 Å². The normalized spacial score (nSPS) is 15.0. The molecule has 7 nitrogen and oxygen atoms in total. The largest absolute Gasteiger partial charge is 0.397 e. The van der Waals surface area contributed by atoms with Crippen LogP contribution in [0.15, 0.2) is 42.6 Å². The lowest BCUT2D eigenvalue weighted by molar-refractivity contribution is 0.0948. The molecule has 152 valence electrons. The molecule has 2 aromatic heterocycles. The van der Waals surface area contributed by atoms with Crippen molar-refractivity contribution in [2.45, 2.75) is 12.8 Å². The zero-order chi connectivity index (χ0) is 20.1. The highest BCUT2D eigenvalue weighted by molar-refractivity contribution is 7.13. The summed E-state index contributed by atoms with van der Waals surface area (Å²) in [5.41, 5.74) is 6.51. The number of nitrogen functional groups attached to an aromatic ring is 1. The van der Waals surface area contributed by atoms with Gasteiger partial charge in [-0.05, 0) is 55.2 Å². The first-order valence-electron chi connectivity index (χ1n) is 10.0. The van der Waals surface area contributed by atoms with Crippen molar-refractivity contribution in [3.05, 3.63) is 48.3 Å². The van der Waals surface area contributed by atoms with Gasteiger partial charge in [-0.25, -0.2) is 4.98 Å². The smallest absolute Gasteiger partial charge is 0.272 e. The summed E-state index contributed by atoms with van der Waals surface area (Å²) >= 11 is 1.58. The Bertz CT molecular complexity index is 966. The van der Waals surface area contributed by atoms with E-state index in [4.69, 9.17) is 5.73 Å². The molecule has 1 saturated heterocycles. The highest BCUT2D eigenvalue weighted by atomic mass is 32.1. The number of fused-ring (bicyclic) bond motifs is 1. The Morgan fingerprint density at radius 2 is 1.93 bits per heavy atom. The van der Waals surface area contributed by atoms with E-state index in [2.05, 4.69) is 48.7 Å². The van der Waals surface area contributed by atoms with E-state index in [1.54, 1.807) is 29.9 Å². The van der Waals surface area contributed by atoms with E-state index < -0.39 is 0 Å². The number of nitrogens with one attached hydrogen (secondary N) is 1. The molecule has 8 heteroatoms. The van der Waals surface area contributed by atoms with Gasteiger partial charge in [0.05, 0.1) is 10.4 Å². The molecule has 29 heavy (non-hydrogen) atoms. The molecule has 1 aliphatic rings. The summed E-state index contributed by atoms with van der Waals surface area (Å²) in [6, 6.07) is 11.9. The average Bonchev–Trinajstić information content (AvgIpc) is 3.18. The van der Waals surface area contributed by atoms with E-state index >= 15 is 0 Å². The Hall–Kier alpha value is -2.71. The Labute approximate surface area is 174 Å². The van der Waals surface area contributed by atoms with Crippen LogP contribution in [0.2, 0.25) is 0 Å². The molecule has 4 rings (SSSR count). The summed E-state index contributed by atoms with van der Waals surface area (Å²) in [4.78, 5) is 21.0. The van der Waals surface area contributed by atoms with Crippen LogP contribution < -0.4 is 16.0 Å². The maximum absolute atomic E-state index is 12.1. The van der Waals surface area contributed by atoms with Gasteiger partial charge in [0.15, 0.2) is 5.69 Å². The number of carbonyl (C=O) groups is 1. The molecule has 0 aliphatic carbocycles. The summed E-state index contributed by atoms with van der Waals surface area (Å²) in [6.07, 6.45) is 3.58. The first-order valence-corrected chi connectivity index (χ1v) is 10.8. The van der Waals surface area contributed by atoms with Crippen molar-refractivity contribution in [1.29, 1.82) is 0 Å². The zero-order valence-electron chi connectivity index (χ0n) is 16.4. The van der Waals surface area contributed by atoms with E-state index in [9.17, 15) is 4.79 Å². The first-order chi connectivity index (χ1) is 14.2. The number of anilines is 2. The van der Waals surface area contributed by atoms with Crippen molar-refractivity contribution in [3.63, 3.8) is 0 Å². The third-order valence-electron chi connectivity index (χ3n) is 5.27. The monoisotopic (exact) mass is 410 g/mol. The summed E-state index contributed by atoms with van der Waals surface area (Å²) in [5, 5.41) is 4.16. The number of aromatic nitrogens is 2. The van der Waals surface area contributed by atoms with Crippen LogP contribution >= 0.6 is 11.5 Å². The summed E-state index contributed by atoms with van der Waals surface area (Å²) < 4.78 is 5.92. The molecule has 0 atom stereocenters. The minimum atomic E-state index is -0.202. The summed E-state index contributed by atoms with van der Waals surface area (Å²) in [5.74, 6) is 0.925. The van der Waals surface area contributed by atoms with Crippen molar-refractivity contribution in [1.82, 2.24) is 19.6 Å². The average molecular weight is 411 g/mol. The molecule has 3 heterocycles. The number of pyridine rings is 1. The number of piperazine rings is 1. The molecule has 1 aliphatic heterocycles. The number of nitrogens with two attached hydrogens (primary N) is 1. The van der Waals surface area contributed by atoms with E-state index in [1.165, 1.54) is 10.1 Å². The molecular weight excluding hydrogens is 384 g/mol. The van der Waals surface area contributed by atoms with Gasteiger partial charge in [0.1, 0.15) is 5.82 Å². The molecule has 3 aromatic rings. The number of carbonyl (C=O) groups excluding carboxylic acids is 1. The van der Waals surface area contributed by atoms with E-state index in [1.807, 2.05) is 0 Å². The molecule has 0 radical (unpaired) electrons. The van der Waals surface area contributed by atoms with Crippen molar-refractivity contribution >= 4 is 39.0 Å². The highest BCUT2D eigenvalue weighted by Gasteiger charge is 2.20. The Balaban J connectivity index is 1.16. The second-order valence-corrected chi connectivity index (χ2v) is 8.04. The Kier molecular flexibility index (Phi) is 6.21. The van der Waals surface area contributed by atoms with Gasteiger partial charge in [-0.15, -0.1) is 0 Å². The molecule has 1 aromatic carbocycles. The van der Waals surface area contributed by atoms with Gasteiger partial charge in [0, 0.05) is 44.3 Å². The van der Waals surface area contributed by atoms with E-state index in [0.717, 1.165) is 51.4 Å². The van der Waals surface area contributed by atoms with Crippen LogP contribution in [-0.4, -0.2) is 59.4 Å². The van der Waals surface area contributed by atoms with Crippen LogP contribution in [0.5, 0.6) is 0 Å². The lowest BCUT2D eigenvalue weighted by atomic mass is 10.2. The van der Waals surface area contributed by atoms with Crippen molar-refractivity contribution < 1.29 is 4.79 Å². The van der Waals surface area contributed by atoms with Gasteiger partial charge >= 0.3 is 0 Å². The summed E-state index contributed by atoms with van der Waals surface area (Å²) in [7, 11) is 0. The van der Waals surface area contributed by atoms with Crippen LogP contribution in [0.25, 0.3) is 10.1 Å². The van der Waals surface area contributed by atoms with Crippen molar-refractivity contribution in [2.24, 2.45) is 0 Å². The third kappa shape index (κ3) is 4.65. The van der Waals surface area contributed by atoms with Crippen LogP contribution in [0, 0.1) is 0 Å². The van der Waals surface area contributed by atoms with E-state index in [-0.39, 0.29) is 5.91 Å². The number of benzene rings is 1. The minimum Gasteiger partial charge on any atom is -0.397 e. The van der Waals surface area contributed by atoms with Gasteiger partial charge in [-0.2, -0.15) is 4.37 Å². The Morgan fingerprint density at radius 3 is 2.76 bits per heavy atom.